The van der Waals surface area contributed by atoms with Crippen LogP contribution < -0.4 is 10.1 Å². The predicted octanol–water partition coefficient (Wildman–Crippen LogP) is 0.681. The van der Waals surface area contributed by atoms with Crippen molar-refractivity contribution in [2.75, 3.05) is 33.8 Å². The van der Waals surface area contributed by atoms with Gasteiger partial charge < -0.3 is 34.4 Å². The van der Waals surface area contributed by atoms with E-state index in [9.17, 15) is 19.5 Å². The van der Waals surface area contributed by atoms with Crippen molar-refractivity contribution in [2.45, 2.75) is 18.1 Å². The van der Waals surface area contributed by atoms with Crippen molar-refractivity contribution in [3.05, 3.63) is 23.4 Å². The van der Waals surface area contributed by atoms with Crippen molar-refractivity contribution in [2.24, 2.45) is 0 Å². The first-order valence-electron chi connectivity index (χ1n) is 8.28. The molecule has 1 aliphatic heterocycles. The van der Waals surface area contributed by atoms with Crippen LogP contribution in [0.2, 0.25) is 0 Å². The Morgan fingerprint density at radius 2 is 1.82 bits per heavy atom. The van der Waals surface area contributed by atoms with Crippen molar-refractivity contribution in [1.29, 1.82) is 0 Å². The van der Waals surface area contributed by atoms with Crippen molar-refractivity contribution in [3.8, 4) is 5.75 Å². The van der Waals surface area contributed by atoms with E-state index in [0.717, 1.165) is 7.11 Å². The van der Waals surface area contributed by atoms with Gasteiger partial charge in [0.2, 0.25) is 0 Å². The van der Waals surface area contributed by atoms with E-state index < -0.39 is 29.6 Å². The topological polar surface area (TPSA) is 136 Å². The zero-order valence-electron chi connectivity index (χ0n) is 15.7. The molecule has 1 aliphatic rings. The van der Waals surface area contributed by atoms with Gasteiger partial charge in [-0.1, -0.05) is 0 Å². The zero-order chi connectivity index (χ0) is 20.6. The SMILES string of the molecule is COC(=O)c1cc2cc(OC)c3c(c2[nH]1)C(O)(C(=O)OC)CC(C(=O)OC)N3. The standard InChI is InChI=1S/C18H20N2O8/c1-25-11-6-8-5-9(15(21)26-2)19-13(8)12-14(11)20-10(16(22)27-3)7-18(12,24)17(23)28-4/h5-6,10,19-20,24H,7H2,1-4H3. The number of aromatic nitrogens is 1. The molecule has 2 heterocycles. The Hall–Kier alpha value is -3.27. The molecule has 1 aromatic carbocycles. The second-order valence-corrected chi connectivity index (χ2v) is 6.24. The summed E-state index contributed by atoms with van der Waals surface area (Å²) in [5.74, 6) is -2.00. The van der Waals surface area contributed by atoms with Crippen molar-refractivity contribution in [3.63, 3.8) is 0 Å². The lowest BCUT2D eigenvalue weighted by Gasteiger charge is -2.37. The van der Waals surface area contributed by atoms with Gasteiger partial charge in [-0.3, -0.25) is 0 Å². The highest BCUT2D eigenvalue weighted by Gasteiger charge is 2.50. The van der Waals surface area contributed by atoms with Crippen molar-refractivity contribution >= 4 is 34.5 Å². The molecular formula is C18H20N2O8. The molecule has 2 aromatic rings. The minimum Gasteiger partial charge on any atom is -0.495 e. The molecule has 3 N–H and O–H groups in total. The molecule has 0 saturated heterocycles. The number of aliphatic hydroxyl groups is 1. The average molecular weight is 392 g/mol. The fraction of sp³-hybridized carbons (Fsp3) is 0.389. The largest absolute Gasteiger partial charge is 0.495 e. The number of rotatable bonds is 4. The Morgan fingerprint density at radius 3 is 2.39 bits per heavy atom. The second-order valence-electron chi connectivity index (χ2n) is 6.24. The first-order chi connectivity index (χ1) is 13.3. The van der Waals surface area contributed by atoms with Crippen LogP contribution in [0.5, 0.6) is 5.75 Å². The number of anilines is 1. The van der Waals surface area contributed by atoms with Gasteiger partial charge in [-0.15, -0.1) is 0 Å². The normalized spacial score (nSPS) is 20.7. The van der Waals surface area contributed by atoms with Crippen LogP contribution in [-0.4, -0.2) is 62.5 Å². The summed E-state index contributed by atoms with van der Waals surface area (Å²) >= 11 is 0. The first-order valence-corrected chi connectivity index (χ1v) is 8.28. The van der Waals surface area contributed by atoms with Crippen LogP contribution >= 0.6 is 0 Å². The van der Waals surface area contributed by atoms with E-state index in [1.807, 2.05) is 0 Å². The number of hydrogen-bond donors (Lipinski definition) is 3. The number of nitrogens with one attached hydrogen (secondary N) is 2. The number of benzene rings is 1. The lowest BCUT2D eigenvalue weighted by Crippen LogP contribution is -2.49. The molecule has 10 heteroatoms. The number of carbonyl (C=O) groups is 3. The molecule has 2 atom stereocenters. The number of fused-ring (bicyclic) bond motifs is 3. The third-order valence-corrected chi connectivity index (χ3v) is 4.75. The quantitative estimate of drug-likeness (QED) is 0.507. The predicted molar refractivity (Wildman–Crippen MR) is 96.1 cm³/mol. The summed E-state index contributed by atoms with van der Waals surface area (Å²) in [5.41, 5.74) is -1.46. The lowest BCUT2D eigenvalue weighted by atomic mass is 9.81. The van der Waals surface area contributed by atoms with Gasteiger partial charge in [0.15, 0.2) is 5.60 Å². The van der Waals surface area contributed by atoms with E-state index >= 15 is 0 Å². The van der Waals surface area contributed by atoms with Crippen LogP contribution in [0, 0.1) is 0 Å². The highest BCUT2D eigenvalue weighted by atomic mass is 16.5. The van der Waals surface area contributed by atoms with Gasteiger partial charge in [-0.05, 0) is 12.1 Å². The molecule has 0 saturated carbocycles. The van der Waals surface area contributed by atoms with Gasteiger partial charge in [-0.2, -0.15) is 0 Å². The van der Waals surface area contributed by atoms with Gasteiger partial charge in [0.25, 0.3) is 0 Å². The number of ether oxygens (including phenoxy) is 4. The fourth-order valence-corrected chi connectivity index (χ4v) is 3.45. The molecule has 3 rings (SSSR count). The summed E-state index contributed by atoms with van der Waals surface area (Å²) in [4.78, 5) is 39.4. The Labute approximate surface area is 159 Å². The minimum absolute atomic E-state index is 0.101. The molecule has 0 amide bonds. The third-order valence-electron chi connectivity index (χ3n) is 4.75. The molecule has 0 bridgehead atoms. The number of H-pyrrole nitrogens is 1. The Morgan fingerprint density at radius 1 is 1.11 bits per heavy atom. The molecule has 0 spiro atoms. The molecule has 2 unspecified atom stereocenters. The molecule has 0 aliphatic carbocycles. The lowest BCUT2D eigenvalue weighted by molar-refractivity contribution is -0.166. The first kappa shape index (κ1) is 19.5. The summed E-state index contributed by atoms with van der Waals surface area (Å²) in [6.45, 7) is 0. The number of hydrogen-bond acceptors (Lipinski definition) is 9. The van der Waals surface area contributed by atoms with Crippen LogP contribution in [-0.2, 0) is 29.4 Å². The number of carbonyl (C=O) groups excluding carboxylic acids is 3. The molecule has 10 nitrogen and oxygen atoms in total. The summed E-state index contributed by atoms with van der Waals surface area (Å²) in [7, 11) is 4.96. The Balaban J connectivity index is 2.34. The smallest absolute Gasteiger partial charge is 0.354 e. The number of aromatic amines is 1. The maximum absolute atomic E-state index is 12.5. The van der Waals surface area contributed by atoms with E-state index in [4.69, 9.17) is 18.9 Å². The van der Waals surface area contributed by atoms with Crippen LogP contribution in [0.3, 0.4) is 0 Å². The van der Waals surface area contributed by atoms with E-state index in [2.05, 4.69) is 10.3 Å². The maximum atomic E-state index is 12.5. The van der Waals surface area contributed by atoms with E-state index in [1.165, 1.54) is 27.4 Å². The monoisotopic (exact) mass is 392 g/mol. The zero-order valence-corrected chi connectivity index (χ0v) is 15.7. The number of esters is 3. The van der Waals surface area contributed by atoms with Gasteiger partial charge in [0.1, 0.15) is 17.5 Å². The number of methoxy groups -OCH3 is 4. The Kier molecular flexibility index (Phi) is 4.90. The van der Waals surface area contributed by atoms with E-state index in [-0.39, 0.29) is 29.1 Å². The third kappa shape index (κ3) is 2.82. The summed E-state index contributed by atoms with van der Waals surface area (Å²) in [6.07, 6.45) is -0.339. The average Bonchev–Trinajstić information content (AvgIpc) is 3.14. The second kappa shape index (κ2) is 7.04. The van der Waals surface area contributed by atoms with Gasteiger partial charge in [0, 0.05) is 17.4 Å². The fourth-order valence-electron chi connectivity index (χ4n) is 3.45. The summed E-state index contributed by atoms with van der Waals surface area (Å²) in [6, 6.07) is 2.08. The van der Waals surface area contributed by atoms with Gasteiger partial charge in [0.05, 0.1) is 39.6 Å². The van der Waals surface area contributed by atoms with Crippen LogP contribution in [0.15, 0.2) is 12.1 Å². The molecule has 28 heavy (non-hydrogen) atoms. The molecule has 0 fully saturated rings. The van der Waals surface area contributed by atoms with Gasteiger partial charge >= 0.3 is 17.9 Å². The van der Waals surface area contributed by atoms with Crippen LogP contribution in [0.1, 0.15) is 22.5 Å². The summed E-state index contributed by atoms with van der Waals surface area (Å²) in [5, 5.41) is 14.8. The molecular weight excluding hydrogens is 372 g/mol. The van der Waals surface area contributed by atoms with Crippen LogP contribution in [0.25, 0.3) is 10.9 Å². The molecule has 150 valence electrons. The molecule has 0 radical (unpaired) electrons. The van der Waals surface area contributed by atoms with E-state index in [1.54, 1.807) is 6.07 Å². The maximum Gasteiger partial charge on any atom is 0.354 e. The van der Waals surface area contributed by atoms with Gasteiger partial charge in [-0.25, -0.2) is 14.4 Å². The highest BCUT2D eigenvalue weighted by Crippen LogP contribution is 2.47. The van der Waals surface area contributed by atoms with E-state index in [0.29, 0.717) is 10.9 Å². The highest BCUT2D eigenvalue weighted by molar-refractivity contribution is 6.03. The molecule has 1 aromatic heterocycles. The van der Waals surface area contributed by atoms with Crippen molar-refractivity contribution < 1.29 is 38.4 Å². The van der Waals surface area contributed by atoms with Crippen LogP contribution in [0.4, 0.5) is 5.69 Å². The van der Waals surface area contributed by atoms with Crippen molar-refractivity contribution in [1.82, 2.24) is 4.98 Å². The minimum atomic E-state index is -2.20. The summed E-state index contributed by atoms with van der Waals surface area (Å²) < 4.78 is 19.6. The Bertz CT molecular complexity index is 966.